The molecular formula is C19H28N4O3S. The van der Waals surface area contributed by atoms with Gasteiger partial charge in [0.25, 0.3) is 10.1 Å². The van der Waals surface area contributed by atoms with Crippen molar-refractivity contribution in [2.45, 2.75) is 32.6 Å². The normalized spacial score (nSPS) is 10.7. The molecule has 1 aromatic heterocycles. The second-order valence-electron chi connectivity index (χ2n) is 5.72. The van der Waals surface area contributed by atoms with Crippen LogP contribution in [0.25, 0.3) is 11.0 Å². The number of nitrogens with zero attached hydrogens (tertiary/aromatic N) is 3. The lowest BCUT2D eigenvalue weighted by Crippen LogP contribution is -2.21. The number of nitrogens with one attached hydrogen (secondary N) is 1. The molecule has 0 radical (unpaired) electrons. The average molecular weight is 393 g/mol. The summed E-state index contributed by atoms with van der Waals surface area (Å²) in [7, 11) is -4.02. The largest absolute Gasteiger partial charge is 0.304 e. The molecule has 8 heteroatoms. The number of aryl methyl sites for hydroxylation is 1. The number of aromatic nitrogens is 3. The first-order chi connectivity index (χ1) is 12.8. The fraction of sp³-hybridized carbons (Fsp3) is 0.368. The van der Waals surface area contributed by atoms with Gasteiger partial charge in [0.1, 0.15) is 11.0 Å². The van der Waals surface area contributed by atoms with E-state index in [-0.39, 0.29) is 4.90 Å². The van der Waals surface area contributed by atoms with E-state index in [1.807, 2.05) is 31.2 Å². The predicted molar refractivity (Wildman–Crippen MR) is 108 cm³/mol. The highest BCUT2D eigenvalue weighted by atomic mass is 32.2. The van der Waals surface area contributed by atoms with Gasteiger partial charge in [0.15, 0.2) is 0 Å². The number of hydrogen-bond acceptors (Lipinski definition) is 5. The van der Waals surface area contributed by atoms with Gasteiger partial charge in [-0.15, -0.1) is 0 Å². The van der Waals surface area contributed by atoms with Gasteiger partial charge in [0.05, 0.1) is 4.90 Å². The third-order valence-electron chi connectivity index (χ3n) is 3.88. The highest BCUT2D eigenvalue weighted by Gasteiger charge is 2.06. The second-order valence-corrected chi connectivity index (χ2v) is 7.14. The maximum atomic E-state index is 10.5. The van der Waals surface area contributed by atoms with E-state index < -0.39 is 10.1 Å². The molecule has 3 aromatic rings. The minimum Gasteiger partial charge on any atom is -0.304 e. The van der Waals surface area contributed by atoms with Crippen LogP contribution >= 0.6 is 0 Å². The Labute approximate surface area is 161 Å². The van der Waals surface area contributed by atoms with Crippen molar-refractivity contribution in [3.63, 3.8) is 0 Å². The smallest absolute Gasteiger partial charge is 0.294 e. The van der Waals surface area contributed by atoms with E-state index in [0.717, 1.165) is 16.6 Å². The minimum absolute atomic E-state index is 0.0666. The number of aromatic amines is 1. The Balaban J connectivity index is 0.000000208. The summed E-state index contributed by atoms with van der Waals surface area (Å²) in [5.74, 6) is 0. The fourth-order valence-corrected chi connectivity index (χ4v) is 2.65. The van der Waals surface area contributed by atoms with Gasteiger partial charge in [-0.3, -0.25) is 4.55 Å². The highest BCUT2D eigenvalue weighted by molar-refractivity contribution is 7.85. The molecule has 0 saturated carbocycles. The third-order valence-corrected chi connectivity index (χ3v) is 4.75. The fourth-order valence-electron chi connectivity index (χ4n) is 2.17. The van der Waals surface area contributed by atoms with Crippen LogP contribution in [-0.4, -0.2) is 52.9 Å². The molecule has 2 N–H and O–H groups in total. The summed E-state index contributed by atoms with van der Waals surface area (Å²) in [5, 5.41) is 10.3. The predicted octanol–water partition coefficient (Wildman–Crippen LogP) is 3.55. The van der Waals surface area contributed by atoms with Crippen molar-refractivity contribution in [2.24, 2.45) is 0 Å². The molecule has 0 spiro atoms. The molecule has 1 heterocycles. The summed E-state index contributed by atoms with van der Waals surface area (Å²) in [6.07, 6.45) is 0. The van der Waals surface area contributed by atoms with Crippen molar-refractivity contribution in [3.8, 4) is 0 Å². The number of fused-ring (bicyclic) bond motifs is 1. The highest BCUT2D eigenvalue weighted by Crippen LogP contribution is 2.08. The van der Waals surface area contributed by atoms with Crippen molar-refractivity contribution in [3.05, 3.63) is 54.1 Å². The van der Waals surface area contributed by atoms with Crippen LogP contribution in [0.1, 0.15) is 26.3 Å². The summed E-state index contributed by atoms with van der Waals surface area (Å²) in [4.78, 5) is 2.31. The van der Waals surface area contributed by atoms with Crippen LogP contribution in [0.3, 0.4) is 0 Å². The molecule has 0 bridgehead atoms. The Kier molecular flexibility index (Phi) is 9.63. The molecule has 0 aliphatic heterocycles. The van der Waals surface area contributed by atoms with Crippen molar-refractivity contribution in [2.75, 3.05) is 19.6 Å². The molecule has 3 rings (SSSR count). The van der Waals surface area contributed by atoms with E-state index in [1.165, 1.54) is 31.8 Å². The molecule has 0 atom stereocenters. The Morgan fingerprint density at radius 1 is 0.889 bits per heavy atom. The monoisotopic (exact) mass is 392 g/mol. The summed E-state index contributed by atoms with van der Waals surface area (Å²) in [6, 6.07) is 13.7. The van der Waals surface area contributed by atoms with E-state index in [9.17, 15) is 8.42 Å². The zero-order valence-electron chi connectivity index (χ0n) is 16.3. The van der Waals surface area contributed by atoms with Gasteiger partial charge in [-0.1, -0.05) is 50.6 Å². The van der Waals surface area contributed by atoms with E-state index in [1.54, 1.807) is 12.1 Å². The molecule has 0 fully saturated rings. The van der Waals surface area contributed by atoms with Crippen LogP contribution in [0.5, 0.6) is 0 Å². The van der Waals surface area contributed by atoms with Gasteiger partial charge in [0, 0.05) is 0 Å². The molecular weight excluding hydrogens is 364 g/mol. The van der Waals surface area contributed by atoms with Crippen molar-refractivity contribution < 1.29 is 13.0 Å². The number of para-hydroxylation sites is 2. The minimum atomic E-state index is -4.02. The van der Waals surface area contributed by atoms with Crippen LogP contribution in [0.2, 0.25) is 0 Å². The number of H-pyrrole nitrogens is 1. The standard InChI is InChI=1S/C7H8O3S.C6H5N3.C6H15N/c1-6-2-4-7(5-3-6)11(8,9)10;1-2-4-6-5(3-1)7-9-8-6;1-4-7(5-2)6-3/h2-5H,1H3,(H,8,9,10);1-4H,(H,7,8,9);4-6H2,1-3H3. The van der Waals surface area contributed by atoms with Crippen LogP contribution in [0, 0.1) is 6.92 Å². The summed E-state index contributed by atoms with van der Waals surface area (Å²) in [6.45, 7) is 12.0. The van der Waals surface area contributed by atoms with Gasteiger partial charge in [-0.05, 0) is 50.8 Å². The Morgan fingerprint density at radius 2 is 1.33 bits per heavy atom. The first-order valence-electron chi connectivity index (χ1n) is 8.83. The first-order valence-corrected chi connectivity index (χ1v) is 10.3. The molecule has 148 valence electrons. The zero-order valence-corrected chi connectivity index (χ0v) is 17.1. The molecule has 0 aliphatic carbocycles. The van der Waals surface area contributed by atoms with Crippen LogP contribution < -0.4 is 0 Å². The van der Waals surface area contributed by atoms with E-state index >= 15 is 0 Å². The quantitative estimate of drug-likeness (QED) is 0.659. The molecule has 0 unspecified atom stereocenters. The average Bonchev–Trinajstić information content (AvgIpc) is 3.13. The van der Waals surface area contributed by atoms with Gasteiger partial charge in [0.2, 0.25) is 0 Å². The third kappa shape index (κ3) is 8.29. The van der Waals surface area contributed by atoms with Crippen molar-refractivity contribution in [1.29, 1.82) is 0 Å². The maximum Gasteiger partial charge on any atom is 0.294 e. The van der Waals surface area contributed by atoms with Gasteiger partial charge in [-0.2, -0.15) is 23.8 Å². The Bertz CT molecular complexity index is 853. The van der Waals surface area contributed by atoms with Crippen molar-refractivity contribution >= 4 is 21.2 Å². The van der Waals surface area contributed by atoms with Gasteiger partial charge in [-0.25, -0.2) is 0 Å². The van der Waals surface area contributed by atoms with Crippen molar-refractivity contribution in [1.82, 2.24) is 20.3 Å². The molecule has 0 amide bonds. The summed E-state index contributed by atoms with van der Waals surface area (Å²) >= 11 is 0. The summed E-state index contributed by atoms with van der Waals surface area (Å²) < 4.78 is 29.6. The van der Waals surface area contributed by atoms with E-state index in [0.29, 0.717) is 0 Å². The van der Waals surface area contributed by atoms with Crippen LogP contribution in [-0.2, 0) is 10.1 Å². The molecule has 0 aliphatic rings. The van der Waals surface area contributed by atoms with E-state index in [2.05, 4.69) is 41.1 Å². The van der Waals surface area contributed by atoms with Crippen LogP contribution in [0.4, 0.5) is 0 Å². The van der Waals surface area contributed by atoms with Crippen LogP contribution in [0.15, 0.2) is 53.4 Å². The van der Waals surface area contributed by atoms with Gasteiger partial charge >= 0.3 is 0 Å². The van der Waals surface area contributed by atoms with Gasteiger partial charge < -0.3 is 4.90 Å². The SMILES string of the molecule is CCN(CC)CC.Cc1ccc(S(=O)(=O)O)cc1.c1ccc2n[nH]nc2c1. The zero-order chi connectivity index (χ0) is 20.3. The molecule has 7 nitrogen and oxygen atoms in total. The van der Waals surface area contributed by atoms with E-state index in [4.69, 9.17) is 4.55 Å². The lowest BCUT2D eigenvalue weighted by Gasteiger charge is -2.13. The molecule has 27 heavy (non-hydrogen) atoms. The lowest BCUT2D eigenvalue weighted by atomic mass is 10.2. The second kappa shape index (κ2) is 11.4. The Morgan fingerprint density at radius 3 is 1.67 bits per heavy atom. The number of rotatable bonds is 4. The number of hydrogen-bond donors (Lipinski definition) is 2. The molecule has 0 saturated heterocycles. The topological polar surface area (TPSA) is 99.2 Å². The lowest BCUT2D eigenvalue weighted by molar-refractivity contribution is 0.321. The summed E-state index contributed by atoms with van der Waals surface area (Å²) in [5.41, 5.74) is 2.78. The Hall–Kier alpha value is -2.29. The molecule has 2 aromatic carbocycles. The number of benzene rings is 2. The maximum absolute atomic E-state index is 10.5. The first kappa shape index (κ1) is 22.8.